The fraction of sp³-hybridized carbons (Fsp3) is 0.111. The number of carbonyl (C=O) groups is 1. The lowest BCUT2D eigenvalue weighted by Gasteiger charge is -2.08. The summed E-state index contributed by atoms with van der Waals surface area (Å²) in [5, 5.41) is 8.46. The molecule has 0 saturated carbocycles. The molecule has 0 aliphatic rings. The Hall–Kier alpha value is -2.70. The Kier molecular flexibility index (Phi) is 5.65. The molecule has 1 aromatic heterocycles. The van der Waals surface area contributed by atoms with E-state index in [0.29, 0.717) is 28.0 Å². The van der Waals surface area contributed by atoms with E-state index in [0.717, 1.165) is 16.8 Å². The van der Waals surface area contributed by atoms with Crippen molar-refractivity contribution in [1.82, 2.24) is 5.16 Å². The van der Waals surface area contributed by atoms with Gasteiger partial charge in [-0.25, -0.2) is 4.79 Å². The topological polar surface area (TPSA) is 90.4 Å². The van der Waals surface area contributed by atoms with Gasteiger partial charge in [0, 0.05) is 33.9 Å². The maximum absolute atomic E-state index is 10.6. The summed E-state index contributed by atoms with van der Waals surface area (Å²) < 4.78 is 9.77. The van der Waals surface area contributed by atoms with Gasteiger partial charge >= 0.3 is 6.09 Å². The van der Waals surface area contributed by atoms with Crippen molar-refractivity contribution in [3.05, 3.63) is 69.9 Å². The molecule has 134 valence electrons. The summed E-state index contributed by atoms with van der Waals surface area (Å²) in [6, 6.07) is 14.8. The second kappa shape index (κ2) is 8.12. The van der Waals surface area contributed by atoms with E-state index in [1.54, 1.807) is 12.1 Å². The summed E-state index contributed by atoms with van der Waals surface area (Å²) in [7, 11) is 0. The minimum atomic E-state index is -0.862. The fourth-order valence-electron chi connectivity index (χ4n) is 2.34. The first-order chi connectivity index (χ1) is 12.5. The first-order valence-corrected chi connectivity index (χ1v) is 8.42. The number of nitrogens with two attached hydrogens (primary N) is 1. The molecule has 0 fully saturated rings. The number of benzene rings is 2. The van der Waals surface area contributed by atoms with Crippen molar-refractivity contribution >= 4 is 35.0 Å². The lowest BCUT2D eigenvalue weighted by molar-refractivity contribution is 0.137. The summed E-state index contributed by atoms with van der Waals surface area (Å²) in [6.07, 6.45) is -0.862. The zero-order chi connectivity index (χ0) is 18.5. The molecule has 3 rings (SSSR count). The lowest BCUT2D eigenvalue weighted by Crippen LogP contribution is -2.12. The summed E-state index contributed by atoms with van der Waals surface area (Å²) in [4.78, 5) is 10.6. The number of carbonyl (C=O) groups excluding carboxylic acids is 1. The van der Waals surface area contributed by atoms with Gasteiger partial charge in [-0.1, -0.05) is 40.5 Å². The van der Waals surface area contributed by atoms with Crippen LogP contribution in [0.1, 0.15) is 11.3 Å². The van der Waals surface area contributed by atoms with Crippen molar-refractivity contribution in [2.75, 3.05) is 5.32 Å². The van der Waals surface area contributed by atoms with Crippen LogP contribution < -0.4 is 11.1 Å². The Balaban J connectivity index is 1.62. The predicted molar refractivity (Wildman–Crippen MR) is 100 cm³/mol. The Labute approximate surface area is 159 Å². The highest BCUT2D eigenvalue weighted by Gasteiger charge is 2.08. The number of primary amides is 1. The minimum Gasteiger partial charge on any atom is -0.441 e. The third-order valence-corrected chi connectivity index (χ3v) is 3.95. The highest BCUT2D eigenvalue weighted by atomic mass is 35.5. The first kappa shape index (κ1) is 18.1. The molecule has 3 aromatic rings. The molecular weight excluding hydrogens is 377 g/mol. The molecule has 0 bridgehead atoms. The van der Waals surface area contributed by atoms with Crippen LogP contribution in [0.3, 0.4) is 0 Å². The highest BCUT2D eigenvalue weighted by Crippen LogP contribution is 2.23. The number of anilines is 1. The molecule has 0 atom stereocenters. The highest BCUT2D eigenvalue weighted by molar-refractivity contribution is 6.34. The zero-order valence-electron chi connectivity index (χ0n) is 13.5. The van der Waals surface area contributed by atoms with Gasteiger partial charge in [-0.3, -0.25) is 0 Å². The van der Waals surface area contributed by atoms with E-state index in [1.807, 2.05) is 36.4 Å². The van der Waals surface area contributed by atoms with Gasteiger partial charge in [0.15, 0.2) is 12.4 Å². The van der Waals surface area contributed by atoms with E-state index in [4.69, 9.17) is 33.5 Å². The van der Waals surface area contributed by atoms with Crippen LogP contribution in [0.4, 0.5) is 10.5 Å². The Morgan fingerprint density at radius 1 is 1.12 bits per heavy atom. The second-order valence-corrected chi connectivity index (χ2v) is 6.37. The molecule has 0 aliphatic carbocycles. The lowest BCUT2D eigenvalue weighted by atomic mass is 10.1. The standard InChI is InChI=1S/C18H15Cl2N3O3/c19-13-5-11(6-14(20)7-13)9-22-15-3-1-12(2-4-15)17-8-16(26-23-17)10-25-18(21)24/h1-8,22H,9-10H2,(H2,21,24). The van der Waals surface area contributed by atoms with Crippen LogP contribution in [0, 0.1) is 0 Å². The number of rotatable bonds is 6. The van der Waals surface area contributed by atoms with Crippen LogP contribution in [0.25, 0.3) is 11.3 Å². The maximum atomic E-state index is 10.6. The monoisotopic (exact) mass is 391 g/mol. The van der Waals surface area contributed by atoms with Gasteiger partial charge in [0.2, 0.25) is 0 Å². The van der Waals surface area contributed by atoms with Crippen LogP contribution >= 0.6 is 23.2 Å². The van der Waals surface area contributed by atoms with Crippen molar-refractivity contribution in [2.45, 2.75) is 13.2 Å². The number of nitrogens with one attached hydrogen (secondary N) is 1. The first-order valence-electron chi connectivity index (χ1n) is 7.67. The third kappa shape index (κ3) is 4.91. The van der Waals surface area contributed by atoms with E-state index in [2.05, 4.69) is 15.2 Å². The van der Waals surface area contributed by atoms with E-state index < -0.39 is 6.09 Å². The summed E-state index contributed by atoms with van der Waals surface area (Å²) in [6.45, 7) is 0.544. The van der Waals surface area contributed by atoms with Crippen molar-refractivity contribution in [1.29, 1.82) is 0 Å². The molecule has 3 N–H and O–H groups in total. The largest absolute Gasteiger partial charge is 0.441 e. The SMILES string of the molecule is NC(=O)OCc1cc(-c2ccc(NCc3cc(Cl)cc(Cl)c3)cc2)no1. The smallest absolute Gasteiger partial charge is 0.404 e. The molecule has 0 radical (unpaired) electrons. The normalized spacial score (nSPS) is 10.5. The van der Waals surface area contributed by atoms with Crippen molar-refractivity contribution in [2.24, 2.45) is 5.73 Å². The van der Waals surface area contributed by atoms with Crippen molar-refractivity contribution in [3.8, 4) is 11.3 Å². The van der Waals surface area contributed by atoms with Crippen LogP contribution in [-0.2, 0) is 17.9 Å². The Morgan fingerprint density at radius 2 is 1.81 bits per heavy atom. The van der Waals surface area contributed by atoms with Gasteiger partial charge in [0.05, 0.1) is 0 Å². The number of hydrogen-bond acceptors (Lipinski definition) is 5. The van der Waals surface area contributed by atoms with E-state index in [1.165, 1.54) is 0 Å². The summed E-state index contributed by atoms with van der Waals surface area (Å²) in [5.74, 6) is 0.416. The number of ether oxygens (including phenoxy) is 1. The number of aromatic nitrogens is 1. The zero-order valence-corrected chi connectivity index (χ0v) is 15.1. The molecule has 1 heterocycles. The quantitative estimate of drug-likeness (QED) is 0.626. The predicted octanol–water partition coefficient (Wildman–Crippen LogP) is 4.86. The minimum absolute atomic E-state index is 0.0514. The molecule has 26 heavy (non-hydrogen) atoms. The van der Waals surface area contributed by atoms with Gasteiger partial charge in [-0.05, 0) is 35.9 Å². The van der Waals surface area contributed by atoms with Crippen molar-refractivity contribution < 1.29 is 14.1 Å². The number of hydrogen-bond donors (Lipinski definition) is 2. The third-order valence-electron chi connectivity index (χ3n) is 3.52. The van der Waals surface area contributed by atoms with E-state index in [9.17, 15) is 4.79 Å². The Bertz CT molecular complexity index is 890. The van der Waals surface area contributed by atoms with Gasteiger partial charge in [0.1, 0.15) is 5.69 Å². The molecular formula is C18H15Cl2N3O3. The van der Waals surface area contributed by atoms with Gasteiger partial charge < -0.3 is 20.3 Å². The molecule has 0 saturated heterocycles. The number of halogens is 2. The molecule has 8 heteroatoms. The number of amides is 1. The van der Waals surface area contributed by atoms with Crippen LogP contribution in [0.2, 0.25) is 10.0 Å². The number of nitrogens with zero attached hydrogens (tertiary/aromatic N) is 1. The van der Waals surface area contributed by atoms with E-state index >= 15 is 0 Å². The Morgan fingerprint density at radius 3 is 2.46 bits per heavy atom. The maximum Gasteiger partial charge on any atom is 0.404 e. The van der Waals surface area contributed by atoms with Crippen LogP contribution in [0.15, 0.2) is 53.1 Å². The molecule has 2 aromatic carbocycles. The summed E-state index contributed by atoms with van der Waals surface area (Å²) >= 11 is 12.0. The molecule has 0 unspecified atom stereocenters. The fourth-order valence-corrected chi connectivity index (χ4v) is 2.91. The second-order valence-electron chi connectivity index (χ2n) is 5.49. The molecule has 0 aliphatic heterocycles. The van der Waals surface area contributed by atoms with Crippen LogP contribution in [0.5, 0.6) is 0 Å². The molecule has 1 amide bonds. The van der Waals surface area contributed by atoms with Crippen LogP contribution in [-0.4, -0.2) is 11.2 Å². The van der Waals surface area contributed by atoms with Gasteiger partial charge in [-0.15, -0.1) is 0 Å². The average Bonchev–Trinajstić information content (AvgIpc) is 3.07. The van der Waals surface area contributed by atoms with Gasteiger partial charge in [-0.2, -0.15) is 0 Å². The molecule has 6 nitrogen and oxygen atoms in total. The van der Waals surface area contributed by atoms with Crippen molar-refractivity contribution in [3.63, 3.8) is 0 Å². The summed E-state index contributed by atoms with van der Waals surface area (Å²) in [5.41, 5.74) is 8.35. The average molecular weight is 392 g/mol. The van der Waals surface area contributed by atoms with Gasteiger partial charge in [0.25, 0.3) is 0 Å². The molecule has 0 spiro atoms. The van der Waals surface area contributed by atoms with E-state index in [-0.39, 0.29) is 6.61 Å².